The number of carbonyl (C=O) groups is 2. The fraction of sp³-hybridized carbons (Fsp3) is 0.818. The summed E-state index contributed by atoms with van der Waals surface area (Å²) in [6.07, 6.45) is 0.0547. The maximum atomic E-state index is 11.4. The summed E-state index contributed by atoms with van der Waals surface area (Å²) in [6, 6.07) is -0.0995. The van der Waals surface area contributed by atoms with Crippen LogP contribution in [0.15, 0.2) is 0 Å². The summed E-state index contributed by atoms with van der Waals surface area (Å²) in [5.41, 5.74) is 5.41. The molecule has 0 aromatic carbocycles. The monoisotopic (exact) mass is 261 g/mol. The van der Waals surface area contributed by atoms with E-state index in [4.69, 9.17) is 15.6 Å². The van der Waals surface area contributed by atoms with Gasteiger partial charge in [-0.1, -0.05) is 26.6 Å². The molecule has 6 heteroatoms. The molecule has 0 aliphatic carbocycles. The van der Waals surface area contributed by atoms with E-state index in [1.165, 1.54) is 0 Å². The normalized spacial score (nSPS) is 15.1. The number of nitrogens with two attached hydrogens (primary N) is 1. The number of rotatable bonds is 7. The molecule has 17 heavy (non-hydrogen) atoms. The first-order valence-corrected chi connectivity index (χ1v) is 9.48. The smallest absolute Gasteiger partial charge is 0.320 e. The Hall–Kier alpha value is -0.883. The first-order valence-electron chi connectivity index (χ1n) is 5.77. The molecule has 0 aromatic rings. The van der Waals surface area contributed by atoms with Gasteiger partial charge in [0.25, 0.3) is 0 Å². The number of aliphatic carboxylic acids is 1. The van der Waals surface area contributed by atoms with Gasteiger partial charge in [-0.05, 0) is 12.0 Å². The van der Waals surface area contributed by atoms with Crippen LogP contribution in [0.1, 0.15) is 13.3 Å². The predicted molar refractivity (Wildman–Crippen MR) is 68.5 cm³/mol. The molecule has 0 fully saturated rings. The minimum atomic E-state index is -1.20. The quantitative estimate of drug-likeness (QED) is 0.532. The summed E-state index contributed by atoms with van der Waals surface area (Å²) in [5.74, 6) is -1.87. The minimum Gasteiger partial charge on any atom is -0.480 e. The number of hydrogen-bond donors (Lipinski definition) is 2. The van der Waals surface area contributed by atoms with Crippen molar-refractivity contribution in [3.8, 4) is 0 Å². The second-order valence-corrected chi connectivity index (χ2v) is 11.2. The highest BCUT2D eigenvalue weighted by atomic mass is 28.3. The molecule has 0 amide bonds. The van der Waals surface area contributed by atoms with Crippen LogP contribution < -0.4 is 5.73 Å². The van der Waals surface area contributed by atoms with Crippen molar-refractivity contribution in [2.75, 3.05) is 6.61 Å². The third kappa shape index (κ3) is 7.92. The topological polar surface area (TPSA) is 89.6 Å². The molecular formula is C11H23NO4Si. The van der Waals surface area contributed by atoms with E-state index in [0.29, 0.717) is 6.61 Å². The molecule has 0 saturated heterocycles. The van der Waals surface area contributed by atoms with Crippen molar-refractivity contribution < 1.29 is 19.4 Å². The highest BCUT2D eigenvalue weighted by Gasteiger charge is 2.23. The zero-order chi connectivity index (χ0) is 13.6. The zero-order valence-corrected chi connectivity index (χ0v) is 12.0. The van der Waals surface area contributed by atoms with Gasteiger partial charge in [0.1, 0.15) is 6.04 Å². The van der Waals surface area contributed by atoms with Gasteiger partial charge >= 0.3 is 11.9 Å². The molecule has 5 nitrogen and oxygen atoms in total. The van der Waals surface area contributed by atoms with Gasteiger partial charge in [-0.3, -0.25) is 9.59 Å². The van der Waals surface area contributed by atoms with Crippen molar-refractivity contribution in [1.82, 2.24) is 0 Å². The van der Waals surface area contributed by atoms with Gasteiger partial charge in [0.05, 0.1) is 13.0 Å². The van der Waals surface area contributed by atoms with Crippen molar-refractivity contribution >= 4 is 20.0 Å². The van der Waals surface area contributed by atoms with Crippen LogP contribution in [0.25, 0.3) is 0 Å². The molecule has 0 radical (unpaired) electrons. The first kappa shape index (κ1) is 16.1. The van der Waals surface area contributed by atoms with E-state index in [1.807, 2.05) is 0 Å². The van der Waals surface area contributed by atoms with Gasteiger partial charge in [0.2, 0.25) is 0 Å². The Kier molecular flexibility index (Phi) is 6.40. The summed E-state index contributed by atoms with van der Waals surface area (Å²) in [7, 11) is -1.20. The fourth-order valence-corrected chi connectivity index (χ4v) is 1.88. The Bertz CT molecular complexity index is 275. The number of carboxylic acid groups (broad SMARTS) is 1. The molecule has 100 valence electrons. The summed E-state index contributed by atoms with van der Waals surface area (Å²) in [4.78, 5) is 22.0. The molecule has 0 saturated carbocycles. The number of ether oxygens (including phenoxy) is 1. The molecule has 3 N–H and O–H groups in total. The van der Waals surface area contributed by atoms with Gasteiger partial charge in [-0.15, -0.1) is 0 Å². The van der Waals surface area contributed by atoms with E-state index in [0.717, 1.165) is 6.04 Å². The molecule has 0 spiro atoms. The van der Waals surface area contributed by atoms with Crippen LogP contribution in [0.5, 0.6) is 0 Å². The average Bonchev–Trinajstić information content (AvgIpc) is 2.13. The van der Waals surface area contributed by atoms with Crippen molar-refractivity contribution in [3.63, 3.8) is 0 Å². The Balaban J connectivity index is 3.91. The van der Waals surface area contributed by atoms with Crippen molar-refractivity contribution in [1.29, 1.82) is 0 Å². The van der Waals surface area contributed by atoms with Gasteiger partial charge < -0.3 is 15.6 Å². The van der Waals surface area contributed by atoms with Gasteiger partial charge in [-0.2, -0.15) is 0 Å². The van der Waals surface area contributed by atoms with Gasteiger partial charge in [-0.25, -0.2) is 0 Å². The standard InChI is InChI=1S/C11H23NO4Si/c1-8(10(12)11(14)15)7-9(13)16-5-6-17(2,3)4/h8,10H,5-7,12H2,1-4H3,(H,14,15)/t8?,10-/m0/s1. The number of hydrogen-bond acceptors (Lipinski definition) is 4. The maximum absolute atomic E-state index is 11.4. The third-order valence-electron chi connectivity index (χ3n) is 2.50. The highest BCUT2D eigenvalue weighted by Crippen LogP contribution is 2.11. The van der Waals surface area contributed by atoms with Crippen molar-refractivity contribution in [2.45, 2.75) is 45.1 Å². The molecule has 0 heterocycles. The van der Waals surface area contributed by atoms with Crippen LogP contribution in [0.2, 0.25) is 25.7 Å². The van der Waals surface area contributed by atoms with Crippen LogP contribution in [0, 0.1) is 5.92 Å². The Morgan fingerprint density at radius 3 is 2.29 bits per heavy atom. The maximum Gasteiger partial charge on any atom is 0.320 e. The van der Waals surface area contributed by atoms with E-state index >= 15 is 0 Å². The lowest BCUT2D eigenvalue weighted by molar-refractivity contribution is -0.145. The van der Waals surface area contributed by atoms with Crippen LogP contribution in [-0.2, 0) is 14.3 Å². The molecule has 2 atom stereocenters. The summed E-state index contributed by atoms with van der Waals surface area (Å²) < 4.78 is 5.07. The fourth-order valence-electron chi connectivity index (χ4n) is 1.16. The van der Waals surface area contributed by atoms with Crippen LogP contribution >= 0.6 is 0 Å². The predicted octanol–water partition coefficient (Wildman–Crippen LogP) is 1.31. The average molecular weight is 261 g/mol. The van der Waals surface area contributed by atoms with Crippen molar-refractivity contribution in [3.05, 3.63) is 0 Å². The van der Waals surface area contributed by atoms with Gasteiger partial charge in [0, 0.05) is 8.07 Å². The molecule has 0 rings (SSSR count). The molecular weight excluding hydrogens is 238 g/mol. The summed E-state index contributed by atoms with van der Waals surface area (Å²) >= 11 is 0. The zero-order valence-electron chi connectivity index (χ0n) is 11.0. The SMILES string of the molecule is CC(CC(=O)OCC[Si](C)(C)C)[C@H](N)C(=O)O. The number of esters is 1. The molecule has 1 unspecified atom stereocenters. The molecule has 0 aliphatic heterocycles. The lowest BCUT2D eigenvalue weighted by Gasteiger charge is -2.17. The van der Waals surface area contributed by atoms with E-state index in [-0.39, 0.29) is 12.4 Å². The summed E-state index contributed by atoms with van der Waals surface area (Å²) in [6.45, 7) is 8.65. The number of carboxylic acids is 1. The molecule has 0 aliphatic rings. The molecule has 0 bridgehead atoms. The van der Waals surface area contributed by atoms with Crippen molar-refractivity contribution in [2.24, 2.45) is 11.7 Å². The second kappa shape index (κ2) is 6.76. The summed E-state index contributed by atoms with van der Waals surface area (Å²) in [5, 5.41) is 8.68. The Morgan fingerprint density at radius 1 is 1.35 bits per heavy atom. The minimum absolute atomic E-state index is 0.0547. The van der Waals surface area contributed by atoms with E-state index in [1.54, 1.807) is 6.92 Å². The van der Waals surface area contributed by atoms with Gasteiger partial charge in [0.15, 0.2) is 0 Å². The lowest BCUT2D eigenvalue weighted by Crippen LogP contribution is -2.37. The van der Waals surface area contributed by atoms with Crippen LogP contribution in [-0.4, -0.2) is 37.8 Å². The first-order chi connectivity index (χ1) is 7.63. The van der Waals surface area contributed by atoms with E-state index < -0.39 is 26.0 Å². The highest BCUT2D eigenvalue weighted by molar-refractivity contribution is 6.76. The largest absolute Gasteiger partial charge is 0.480 e. The molecule has 0 aromatic heterocycles. The lowest BCUT2D eigenvalue weighted by atomic mass is 9.99. The van der Waals surface area contributed by atoms with Crippen LogP contribution in [0.4, 0.5) is 0 Å². The van der Waals surface area contributed by atoms with E-state index in [9.17, 15) is 9.59 Å². The number of carbonyl (C=O) groups excluding carboxylic acids is 1. The Morgan fingerprint density at radius 2 is 1.88 bits per heavy atom. The third-order valence-corrected chi connectivity index (χ3v) is 4.21. The second-order valence-electron chi connectivity index (χ2n) is 5.58. The van der Waals surface area contributed by atoms with E-state index in [2.05, 4.69) is 19.6 Å². The van der Waals surface area contributed by atoms with Crippen LogP contribution in [0.3, 0.4) is 0 Å². The Labute approximate surface area is 103 Å².